The molecule has 0 radical (unpaired) electrons. The van der Waals surface area contributed by atoms with Gasteiger partial charge in [0.1, 0.15) is 5.82 Å². The molecule has 2 N–H and O–H groups in total. The average molecular weight is 362 g/mol. The van der Waals surface area contributed by atoms with Crippen molar-refractivity contribution in [3.63, 3.8) is 0 Å². The van der Waals surface area contributed by atoms with E-state index in [4.69, 9.17) is 0 Å². The van der Waals surface area contributed by atoms with Crippen LogP contribution in [0.1, 0.15) is 36.5 Å². The fraction of sp³-hybridized carbons (Fsp3) is 0.294. The third-order valence-electron chi connectivity index (χ3n) is 3.23. The van der Waals surface area contributed by atoms with Gasteiger partial charge < -0.3 is 10.6 Å². The lowest BCUT2D eigenvalue weighted by molar-refractivity contribution is 0.102. The highest BCUT2D eigenvalue weighted by molar-refractivity contribution is 9.10. The maximum absolute atomic E-state index is 12.2. The van der Waals surface area contributed by atoms with Crippen LogP contribution in [0, 0.1) is 0 Å². The van der Waals surface area contributed by atoms with Crippen LogP contribution in [-0.2, 0) is 0 Å². The van der Waals surface area contributed by atoms with Gasteiger partial charge in [-0.05, 0) is 46.6 Å². The molecule has 2 aromatic rings. The van der Waals surface area contributed by atoms with Crippen LogP contribution < -0.4 is 10.6 Å². The van der Waals surface area contributed by atoms with E-state index in [1.807, 2.05) is 24.3 Å². The van der Waals surface area contributed by atoms with E-state index in [9.17, 15) is 4.79 Å². The smallest absolute Gasteiger partial charge is 0.257 e. The molecule has 0 fully saturated rings. The van der Waals surface area contributed by atoms with Crippen LogP contribution in [0.5, 0.6) is 0 Å². The Morgan fingerprint density at radius 2 is 2.00 bits per heavy atom. The number of benzene rings is 1. The molecular weight excluding hydrogens is 342 g/mol. The number of hydrogen-bond donors (Lipinski definition) is 2. The van der Waals surface area contributed by atoms with Gasteiger partial charge in [-0.2, -0.15) is 0 Å². The van der Waals surface area contributed by atoms with Gasteiger partial charge in [-0.3, -0.25) is 4.79 Å². The molecule has 1 aromatic carbocycles. The Bertz CT molecular complexity index is 614. The first-order valence-electron chi connectivity index (χ1n) is 7.46. The molecular formula is C17H20BrN3O. The first-order chi connectivity index (χ1) is 10.7. The number of pyridine rings is 1. The van der Waals surface area contributed by atoms with E-state index < -0.39 is 0 Å². The fourth-order valence-corrected chi connectivity index (χ4v) is 2.47. The van der Waals surface area contributed by atoms with Crippen molar-refractivity contribution in [1.29, 1.82) is 0 Å². The third-order valence-corrected chi connectivity index (χ3v) is 3.92. The Labute approximate surface area is 139 Å². The number of carbonyl (C=O) groups is 1. The summed E-state index contributed by atoms with van der Waals surface area (Å²) in [4.78, 5) is 16.4. The standard InChI is InChI=1S/C17H20BrN3O/c1-2-3-6-11-19-13-9-10-16(20-12-13)21-17(22)14-7-4-5-8-15(14)18/h4-5,7-10,12,19H,2-3,6,11H2,1H3,(H,20,21,22). The number of hydrogen-bond acceptors (Lipinski definition) is 3. The second-order valence-electron chi connectivity index (χ2n) is 5.00. The number of rotatable bonds is 7. The van der Waals surface area contributed by atoms with Crippen molar-refractivity contribution in [3.8, 4) is 0 Å². The van der Waals surface area contributed by atoms with Gasteiger partial charge >= 0.3 is 0 Å². The fourth-order valence-electron chi connectivity index (χ4n) is 2.01. The minimum atomic E-state index is -0.177. The minimum absolute atomic E-state index is 0.177. The molecule has 22 heavy (non-hydrogen) atoms. The van der Waals surface area contributed by atoms with Gasteiger partial charge in [-0.25, -0.2) is 4.98 Å². The van der Waals surface area contributed by atoms with Gasteiger partial charge in [0.2, 0.25) is 0 Å². The monoisotopic (exact) mass is 361 g/mol. The normalized spacial score (nSPS) is 10.3. The Morgan fingerprint density at radius 3 is 2.68 bits per heavy atom. The van der Waals surface area contributed by atoms with Crippen molar-refractivity contribution >= 4 is 33.3 Å². The molecule has 4 nitrogen and oxygen atoms in total. The molecule has 0 bridgehead atoms. The van der Waals surface area contributed by atoms with E-state index in [1.165, 1.54) is 12.8 Å². The van der Waals surface area contributed by atoms with E-state index in [2.05, 4.69) is 38.5 Å². The van der Waals surface area contributed by atoms with E-state index in [0.29, 0.717) is 11.4 Å². The van der Waals surface area contributed by atoms with Crippen LogP contribution in [0.3, 0.4) is 0 Å². The number of aromatic nitrogens is 1. The SMILES string of the molecule is CCCCCNc1ccc(NC(=O)c2ccccc2Br)nc1. The molecule has 1 heterocycles. The van der Waals surface area contributed by atoms with Crippen molar-refractivity contribution in [2.24, 2.45) is 0 Å². The topological polar surface area (TPSA) is 54.0 Å². The van der Waals surface area contributed by atoms with Crippen molar-refractivity contribution < 1.29 is 4.79 Å². The second-order valence-corrected chi connectivity index (χ2v) is 5.85. The maximum atomic E-state index is 12.2. The first kappa shape index (κ1) is 16.5. The van der Waals surface area contributed by atoms with Crippen LogP contribution in [0.4, 0.5) is 11.5 Å². The van der Waals surface area contributed by atoms with Crippen molar-refractivity contribution in [2.45, 2.75) is 26.2 Å². The lowest BCUT2D eigenvalue weighted by Gasteiger charge is -2.08. The predicted octanol–water partition coefficient (Wildman–Crippen LogP) is 4.70. The molecule has 0 aliphatic heterocycles. The zero-order chi connectivity index (χ0) is 15.8. The van der Waals surface area contributed by atoms with Gasteiger partial charge in [-0.1, -0.05) is 31.9 Å². The lowest BCUT2D eigenvalue weighted by atomic mass is 10.2. The zero-order valence-corrected chi connectivity index (χ0v) is 14.2. The van der Waals surface area contributed by atoms with Crippen molar-refractivity contribution in [3.05, 3.63) is 52.6 Å². The van der Waals surface area contributed by atoms with Gasteiger partial charge in [-0.15, -0.1) is 0 Å². The molecule has 0 spiro atoms. The number of amides is 1. The summed E-state index contributed by atoms with van der Waals surface area (Å²) < 4.78 is 0.765. The molecule has 0 atom stereocenters. The molecule has 5 heteroatoms. The summed E-state index contributed by atoms with van der Waals surface area (Å²) in [5.74, 6) is 0.364. The molecule has 1 amide bonds. The number of halogens is 1. The summed E-state index contributed by atoms with van der Waals surface area (Å²) in [5, 5.41) is 6.11. The largest absolute Gasteiger partial charge is 0.384 e. The lowest BCUT2D eigenvalue weighted by Crippen LogP contribution is -2.13. The molecule has 2 rings (SSSR count). The molecule has 0 aliphatic rings. The highest BCUT2D eigenvalue weighted by Crippen LogP contribution is 2.17. The molecule has 0 aliphatic carbocycles. The summed E-state index contributed by atoms with van der Waals surface area (Å²) in [7, 11) is 0. The van der Waals surface area contributed by atoms with E-state index in [-0.39, 0.29) is 5.91 Å². The zero-order valence-electron chi connectivity index (χ0n) is 12.6. The number of unbranched alkanes of at least 4 members (excludes halogenated alkanes) is 2. The molecule has 116 valence electrons. The minimum Gasteiger partial charge on any atom is -0.384 e. The highest BCUT2D eigenvalue weighted by atomic mass is 79.9. The highest BCUT2D eigenvalue weighted by Gasteiger charge is 2.09. The van der Waals surface area contributed by atoms with E-state index in [0.717, 1.165) is 23.1 Å². The van der Waals surface area contributed by atoms with Gasteiger partial charge in [0.15, 0.2) is 0 Å². The average Bonchev–Trinajstić information content (AvgIpc) is 2.53. The third kappa shape index (κ3) is 4.84. The summed E-state index contributed by atoms with van der Waals surface area (Å²) >= 11 is 3.37. The summed E-state index contributed by atoms with van der Waals surface area (Å²) in [6.07, 6.45) is 5.32. The van der Waals surface area contributed by atoms with Crippen molar-refractivity contribution in [2.75, 3.05) is 17.2 Å². The molecule has 0 saturated heterocycles. The van der Waals surface area contributed by atoms with Crippen LogP contribution in [0.2, 0.25) is 0 Å². The van der Waals surface area contributed by atoms with E-state index in [1.54, 1.807) is 18.3 Å². The summed E-state index contributed by atoms with van der Waals surface area (Å²) in [5.41, 5.74) is 1.56. The number of nitrogens with one attached hydrogen (secondary N) is 2. The number of anilines is 2. The quantitative estimate of drug-likeness (QED) is 0.702. The number of carbonyl (C=O) groups excluding carboxylic acids is 1. The van der Waals surface area contributed by atoms with Crippen LogP contribution in [0.15, 0.2) is 47.1 Å². The number of nitrogens with zero attached hydrogens (tertiary/aromatic N) is 1. The Kier molecular flexibility index (Phi) is 6.40. The van der Waals surface area contributed by atoms with E-state index >= 15 is 0 Å². The molecule has 0 saturated carbocycles. The second kappa shape index (κ2) is 8.54. The Hall–Kier alpha value is -1.88. The van der Waals surface area contributed by atoms with Crippen LogP contribution in [0.25, 0.3) is 0 Å². The first-order valence-corrected chi connectivity index (χ1v) is 8.26. The summed E-state index contributed by atoms with van der Waals surface area (Å²) in [6.45, 7) is 3.13. The van der Waals surface area contributed by atoms with Gasteiger partial charge in [0.05, 0.1) is 17.4 Å². The maximum Gasteiger partial charge on any atom is 0.257 e. The molecule has 1 aromatic heterocycles. The van der Waals surface area contributed by atoms with Gasteiger partial charge in [0.25, 0.3) is 5.91 Å². The Morgan fingerprint density at radius 1 is 1.18 bits per heavy atom. The van der Waals surface area contributed by atoms with Gasteiger partial charge in [0, 0.05) is 11.0 Å². The van der Waals surface area contributed by atoms with Crippen LogP contribution in [-0.4, -0.2) is 17.4 Å². The Balaban J connectivity index is 1.91. The molecule has 0 unspecified atom stereocenters. The summed E-state index contributed by atoms with van der Waals surface area (Å²) in [6, 6.07) is 11.0. The van der Waals surface area contributed by atoms with Crippen LogP contribution >= 0.6 is 15.9 Å². The predicted molar refractivity (Wildman–Crippen MR) is 94.3 cm³/mol. The van der Waals surface area contributed by atoms with Crippen molar-refractivity contribution in [1.82, 2.24) is 4.98 Å².